The molecule has 0 saturated heterocycles. The van der Waals surface area contributed by atoms with Gasteiger partial charge in [-0.05, 0) is 17.9 Å². The summed E-state index contributed by atoms with van der Waals surface area (Å²) in [5, 5.41) is 9.75. The molecule has 0 aliphatic heterocycles. The van der Waals surface area contributed by atoms with E-state index in [-0.39, 0.29) is 23.7 Å². The second-order valence-electron chi connectivity index (χ2n) is 7.32. The van der Waals surface area contributed by atoms with Crippen molar-refractivity contribution in [2.24, 2.45) is 5.41 Å². The van der Waals surface area contributed by atoms with Crippen LogP contribution in [0.2, 0.25) is 0 Å². The molecule has 1 fully saturated rings. The van der Waals surface area contributed by atoms with Gasteiger partial charge in [0, 0.05) is 18.0 Å². The summed E-state index contributed by atoms with van der Waals surface area (Å²) in [6, 6.07) is 6.46. The standard InChI is InChI=1S/C19H19FN6O/c1-18(2)11-19(18,12-5-3-4-6-13(12)20)17(27)23-10-15-24-16(26-25-15)14-9-21-7-8-22-14/h3-9H,10-11H2,1-2H3,(H,23,27)(H,24,25,26)/t19-/m1/s1. The van der Waals surface area contributed by atoms with Crippen LogP contribution in [0.1, 0.15) is 31.7 Å². The van der Waals surface area contributed by atoms with Gasteiger partial charge in [-0.1, -0.05) is 32.0 Å². The number of carbonyl (C=O) groups is 1. The van der Waals surface area contributed by atoms with Crippen LogP contribution in [0, 0.1) is 11.2 Å². The Bertz CT molecular complexity index is 987. The maximum Gasteiger partial charge on any atom is 0.231 e. The lowest BCUT2D eigenvalue weighted by Gasteiger charge is -2.21. The van der Waals surface area contributed by atoms with E-state index >= 15 is 0 Å². The van der Waals surface area contributed by atoms with Crippen LogP contribution in [0.5, 0.6) is 0 Å². The molecule has 1 aliphatic rings. The van der Waals surface area contributed by atoms with Crippen LogP contribution in [-0.4, -0.2) is 31.1 Å². The lowest BCUT2D eigenvalue weighted by molar-refractivity contribution is -0.124. The molecule has 2 heterocycles. The number of nitrogens with zero attached hydrogens (tertiary/aromatic N) is 4. The first-order valence-corrected chi connectivity index (χ1v) is 8.65. The van der Waals surface area contributed by atoms with Gasteiger partial charge in [0.25, 0.3) is 0 Å². The van der Waals surface area contributed by atoms with Crippen LogP contribution in [0.3, 0.4) is 0 Å². The predicted molar refractivity (Wildman–Crippen MR) is 95.7 cm³/mol. The molecule has 2 aromatic heterocycles. The number of halogens is 1. The first kappa shape index (κ1) is 17.3. The number of hydrogen-bond acceptors (Lipinski definition) is 5. The smallest absolute Gasteiger partial charge is 0.231 e. The van der Waals surface area contributed by atoms with Crippen LogP contribution in [0.25, 0.3) is 11.5 Å². The van der Waals surface area contributed by atoms with Crippen molar-refractivity contribution in [1.82, 2.24) is 30.5 Å². The third-order valence-corrected chi connectivity index (χ3v) is 5.20. The summed E-state index contributed by atoms with van der Waals surface area (Å²) in [5.74, 6) is 0.326. The fourth-order valence-corrected chi connectivity index (χ4v) is 3.61. The minimum absolute atomic E-state index is 0.165. The Morgan fingerprint density at radius 2 is 2.07 bits per heavy atom. The molecule has 1 saturated carbocycles. The molecule has 4 rings (SSSR count). The Balaban J connectivity index is 1.51. The summed E-state index contributed by atoms with van der Waals surface area (Å²) < 4.78 is 14.4. The highest BCUT2D eigenvalue weighted by Gasteiger charge is 2.67. The fraction of sp³-hybridized carbons (Fsp3) is 0.316. The topological polar surface area (TPSA) is 96.5 Å². The molecule has 1 atom stereocenters. The van der Waals surface area contributed by atoms with Gasteiger partial charge in [0.05, 0.1) is 18.2 Å². The minimum atomic E-state index is -0.869. The molecular weight excluding hydrogens is 347 g/mol. The molecule has 3 aromatic rings. The number of aromatic nitrogens is 5. The molecule has 1 amide bonds. The molecule has 0 bridgehead atoms. The van der Waals surface area contributed by atoms with Crippen molar-refractivity contribution >= 4 is 5.91 Å². The molecule has 0 unspecified atom stereocenters. The zero-order valence-electron chi connectivity index (χ0n) is 15.0. The highest BCUT2D eigenvalue weighted by molar-refractivity contribution is 5.93. The number of amides is 1. The average molecular weight is 366 g/mol. The number of aromatic amines is 1. The first-order valence-electron chi connectivity index (χ1n) is 8.65. The summed E-state index contributed by atoms with van der Waals surface area (Å²) in [4.78, 5) is 25.4. The van der Waals surface area contributed by atoms with E-state index in [9.17, 15) is 9.18 Å². The number of carbonyl (C=O) groups excluding carboxylic acids is 1. The zero-order valence-corrected chi connectivity index (χ0v) is 15.0. The molecular formula is C19H19FN6O. The van der Waals surface area contributed by atoms with Gasteiger partial charge in [-0.25, -0.2) is 14.4 Å². The van der Waals surface area contributed by atoms with E-state index in [0.717, 1.165) is 0 Å². The van der Waals surface area contributed by atoms with Gasteiger partial charge in [0.2, 0.25) is 11.7 Å². The van der Waals surface area contributed by atoms with Crippen LogP contribution < -0.4 is 5.32 Å². The molecule has 0 radical (unpaired) electrons. The first-order chi connectivity index (χ1) is 12.9. The number of nitrogens with one attached hydrogen (secondary N) is 2. The quantitative estimate of drug-likeness (QED) is 0.723. The van der Waals surface area contributed by atoms with E-state index < -0.39 is 5.41 Å². The van der Waals surface area contributed by atoms with E-state index in [1.807, 2.05) is 13.8 Å². The Hall–Kier alpha value is -3.16. The van der Waals surface area contributed by atoms with Crippen molar-refractivity contribution in [3.8, 4) is 11.5 Å². The summed E-state index contributed by atoms with van der Waals surface area (Å²) >= 11 is 0. The van der Waals surface area contributed by atoms with Gasteiger partial charge in [-0.3, -0.25) is 14.9 Å². The van der Waals surface area contributed by atoms with E-state index in [1.54, 1.807) is 36.8 Å². The van der Waals surface area contributed by atoms with E-state index in [4.69, 9.17) is 0 Å². The molecule has 1 aliphatic carbocycles. The van der Waals surface area contributed by atoms with Crippen molar-refractivity contribution in [3.63, 3.8) is 0 Å². The Labute approximate surface area is 155 Å². The van der Waals surface area contributed by atoms with Gasteiger partial charge < -0.3 is 5.32 Å². The zero-order chi connectivity index (χ0) is 19.1. The van der Waals surface area contributed by atoms with Crippen LogP contribution >= 0.6 is 0 Å². The largest absolute Gasteiger partial charge is 0.348 e. The molecule has 138 valence electrons. The van der Waals surface area contributed by atoms with Gasteiger partial charge in [-0.15, -0.1) is 0 Å². The minimum Gasteiger partial charge on any atom is -0.348 e. The predicted octanol–water partition coefficient (Wildman–Crippen LogP) is 2.38. The molecule has 7 nitrogen and oxygen atoms in total. The Kier molecular flexibility index (Phi) is 3.98. The Morgan fingerprint density at radius 1 is 1.30 bits per heavy atom. The maximum absolute atomic E-state index is 14.4. The normalized spacial score (nSPS) is 20.3. The number of H-pyrrole nitrogens is 1. The lowest BCUT2D eigenvalue weighted by atomic mass is 9.86. The molecule has 27 heavy (non-hydrogen) atoms. The molecule has 1 aromatic carbocycles. The maximum atomic E-state index is 14.4. The van der Waals surface area contributed by atoms with Crippen LogP contribution in [0.15, 0.2) is 42.9 Å². The van der Waals surface area contributed by atoms with Crippen LogP contribution in [-0.2, 0) is 16.8 Å². The highest BCUT2D eigenvalue weighted by atomic mass is 19.1. The fourth-order valence-electron chi connectivity index (χ4n) is 3.61. The van der Waals surface area contributed by atoms with Gasteiger partial charge >= 0.3 is 0 Å². The monoisotopic (exact) mass is 366 g/mol. The van der Waals surface area contributed by atoms with Crippen molar-refractivity contribution in [2.75, 3.05) is 0 Å². The summed E-state index contributed by atoms with van der Waals surface area (Å²) in [6.07, 6.45) is 5.27. The second-order valence-corrected chi connectivity index (χ2v) is 7.32. The number of rotatable bonds is 5. The van der Waals surface area contributed by atoms with Crippen molar-refractivity contribution in [1.29, 1.82) is 0 Å². The number of benzene rings is 1. The molecule has 8 heteroatoms. The van der Waals surface area contributed by atoms with E-state index in [2.05, 4.69) is 30.5 Å². The van der Waals surface area contributed by atoms with Crippen molar-refractivity contribution < 1.29 is 9.18 Å². The van der Waals surface area contributed by atoms with Crippen LogP contribution in [0.4, 0.5) is 4.39 Å². The Morgan fingerprint density at radius 3 is 2.74 bits per heavy atom. The van der Waals surface area contributed by atoms with E-state index in [0.29, 0.717) is 29.3 Å². The second kappa shape index (κ2) is 6.22. The average Bonchev–Trinajstić information content (AvgIpc) is 3.03. The highest BCUT2D eigenvalue weighted by Crippen LogP contribution is 2.64. The van der Waals surface area contributed by atoms with Gasteiger partial charge in [0.15, 0.2) is 0 Å². The van der Waals surface area contributed by atoms with Gasteiger partial charge in [-0.2, -0.15) is 5.10 Å². The van der Waals surface area contributed by atoms with Crippen molar-refractivity contribution in [2.45, 2.75) is 32.2 Å². The summed E-state index contributed by atoms with van der Waals surface area (Å²) in [5.41, 5.74) is -0.208. The number of hydrogen-bond donors (Lipinski definition) is 2. The third kappa shape index (κ3) is 2.87. The third-order valence-electron chi connectivity index (χ3n) is 5.20. The SMILES string of the molecule is CC1(C)C[C@]1(C(=O)NCc1nc(-c2cnccn2)n[nH]1)c1ccccc1F. The molecule has 0 spiro atoms. The van der Waals surface area contributed by atoms with Crippen molar-refractivity contribution in [3.05, 3.63) is 60.1 Å². The summed E-state index contributed by atoms with van der Waals surface area (Å²) in [6.45, 7) is 4.11. The van der Waals surface area contributed by atoms with E-state index in [1.165, 1.54) is 6.07 Å². The van der Waals surface area contributed by atoms with Gasteiger partial charge in [0.1, 0.15) is 17.3 Å². The lowest BCUT2D eigenvalue weighted by Crippen LogP contribution is -2.38. The molecule has 2 N–H and O–H groups in total. The summed E-state index contributed by atoms with van der Waals surface area (Å²) in [7, 11) is 0.